The molecule has 3 nitrogen and oxygen atoms in total. The van der Waals surface area contributed by atoms with Crippen LogP contribution in [-0.2, 0) is 7.05 Å². The van der Waals surface area contributed by atoms with Crippen molar-refractivity contribution in [3.05, 3.63) is 35.8 Å². The normalized spacial score (nSPS) is 16.0. The van der Waals surface area contributed by atoms with Gasteiger partial charge in [-0.25, -0.2) is 0 Å². The first kappa shape index (κ1) is 13.7. The predicted molar refractivity (Wildman–Crippen MR) is 67.2 cm³/mol. The van der Waals surface area contributed by atoms with Gasteiger partial charge in [0.25, 0.3) is 0 Å². The van der Waals surface area contributed by atoms with Crippen molar-refractivity contribution < 1.29 is 13.2 Å². The lowest BCUT2D eigenvalue weighted by molar-refractivity contribution is -0.133. The highest BCUT2D eigenvalue weighted by molar-refractivity contribution is 5.67. The number of alkyl halides is 3. The number of aryl methyl sites for hydroxylation is 1. The number of hydrogen-bond acceptors (Lipinski definition) is 2. The number of rotatable bonds is 4. The average Bonchev–Trinajstić information content (AvgIpc) is 2.74. The van der Waals surface area contributed by atoms with Crippen LogP contribution in [0.15, 0.2) is 30.1 Å². The van der Waals surface area contributed by atoms with Crippen LogP contribution in [-0.4, -0.2) is 22.5 Å². The molecule has 1 N–H and O–H groups in total. The molecule has 19 heavy (non-hydrogen) atoms. The highest BCUT2D eigenvalue weighted by Crippen LogP contribution is 2.25. The van der Waals surface area contributed by atoms with Crippen molar-refractivity contribution >= 4 is 5.57 Å². The Labute approximate surface area is 109 Å². The molecule has 0 aliphatic heterocycles. The molecule has 1 aliphatic rings. The molecule has 0 fully saturated rings. The van der Waals surface area contributed by atoms with Crippen molar-refractivity contribution in [3.63, 3.8) is 0 Å². The molecule has 1 aromatic rings. The Balaban J connectivity index is 1.98. The van der Waals surface area contributed by atoms with E-state index in [0.717, 1.165) is 29.8 Å². The number of halogens is 3. The predicted octanol–water partition coefficient (Wildman–Crippen LogP) is 3.02. The standard InChI is InChI=1S/C13H16F3N3/c1-19-12(5-7-18-19)10-3-2-4-11(9-10)17-8-6-13(14,15)16/h4-5,7,9,17H,2-3,6,8H2,1H3. The van der Waals surface area contributed by atoms with Gasteiger partial charge in [-0.2, -0.15) is 18.3 Å². The first-order valence-corrected chi connectivity index (χ1v) is 6.15. The van der Waals surface area contributed by atoms with Gasteiger partial charge >= 0.3 is 6.18 Å². The zero-order chi connectivity index (χ0) is 13.9. The first-order valence-electron chi connectivity index (χ1n) is 6.15. The Morgan fingerprint density at radius 2 is 2.21 bits per heavy atom. The van der Waals surface area contributed by atoms with E-state index in [4.69, 9.17) is 0 Å². The molecule has 2 rings (SSSR count). The molecule has 104 valence electrons. The monoisotopic (exact) mass is 271 g/mol. The molecule has 0 amide bonds. The fraction of sp³-hybridized carbons (Fsp3) is 0.462. The van der Waals surface area contributed by atoms with Gasteiger partial charge in [0, 0.05) is 25.5 Å². The van der Waals surface area contributed by atoms with Crippen molar-refractivity contribution in [1.29, 1.82) is 0 Å². The van der Waals surface area contributed by atoms with Gasteiger partial charge in [-0.15, -0.1) is 0 Å². The molecular weight excluding hydrogens is 255 g/mol. The number of allylic oxidation sites excluding steroid dienone is 3. The minimum Gasteiger partial charge on any atom is -0.385 e. The van der Waals surface area contributed by atoms with Crippen LogP contribution in [0.25, 0.3) is 5.57 Å². The van der Waals surface area contributed by atoms with Gasteiger partial charge in [0.1, 0.15) is 0 Å². The molecule has 1 aliphatic carbocycles. The van der Waals surface area contributed by atoms with E-state index in [-0.39, 0.29) is 6.54 Å². The summed E-state index contributed by atoms with van der Waals surface area (Å²) in [5.74, 6) is 0. The second-order valence-corrected chi connectivity index (χ2v) is 4.50. The fourth-order valence-corrected chi connectivity index (χ4v) is 2.06. The van der Waals surface area contributed by atoms with E-state index in [9.17, 15) is 13.2 Å². The van der Waals surface area contributed by atoms with E-state index in [1.807, 2.05) is 25.3 Å². The van der Waals surface area contributed by atoms with E-state index >= 15 is 0 Å². The van der Waals surface area contributed by atoms with E-state index in [1.165, 1.54) is 0 Å². The van der Waals surface area contributed by atoms with Gasteiger partial charge in [-0.05, 0) is 30.6 Å². The van der Waals surface area contributed by atoms with Crippen molar-refractivity contribution in [1.82, 2.24) is 15.1 Å². The zero-order valence-electron chi connectivity index (χ0n) is 10.7. The van der Waals surface area contributed by atoms with Gasteiger partial charge in [-0.3, -0.25) is 4.68 Å². The molecule has 1 aromatic heterocycles. The van der Waals surface area contributed by atoms with Gasteiger partial charge in [0.2, 0.25) is 0 Å². The van der Waals surface area contributed by atoms with Crippen LogP contribution in [0.3, 0.4) is 0 Å². The summed E-state index contributed by atoms with van der Waals surface area (Å²) in [5.41, 5.74) is 2.85. The maximum absolute atomic E-state index is 12.1. The maximum atomic E-state index is 12.1. The van der Waals surface area contributed by atoms with E-state index in [2.05, 4.69) is 10.4 Å². The summed E-state index contributed by atoms with van der Waals surface area (Å²) in [7, 11) is 1.85. The smallest absolute Gasteiger partial charge is 0.385 e. The summed E-state index contributed by atoms with van der Waals surface area (Å²) < 4.78 is 38.0. The van der Waals surface area contributed by atoms with Crippen molar-refractivity contribution in [2.75, 3.05) is 6.54 Å². The number of nitrogens with zero attached hydrogens (tertiary/aromatic N) is 2. The lowest BCUT2D eigenvalue weighted by atomic mass is 10.00. The van der Waals surface area contributed by atoms with Crippen LogP contribution in [0.5, 0.6) is 0 Å². The Morgan fingerprint density at radius 3 is 2.84 bits per heavy atom. The number of nitrogens with one attached hydrogen (secondary N) is 1. The highest BCUT2D eigenvalue weighted by atomic mass is 19.4. The van der Waals surface area contributed by atoms with Crippen LogP contribution in [0.4, 0.5) is 13.2 Å². The lowest BCUT2D eigenvalue weighted by Crippen LogP contribution is -2.21. The quantitative estimate of drug-likeness (QED) is 0.912. The second-order valence-electron chi connectivity index (χ2n) is 4.50. The molecule has 0 saturated heterocycles. The summed E-state index contributed by atoms with van der Waals surface area (Å²) in [6.07, 6.45) is 2.31. The molecule has 0 atom stereocenters. The molecule has 0 radical (unpaired) electrons. The van der Waals surface area contributed by atoms with Crippen LogP contribution < -0.4 is 5.32 Å². The van der Waals surface area contributed by atoms with Gasteiger partial charge in [-0.1, -0.05) is 6.08 Å². The van der Waals surface area contributed by atoms with Gasteiger partial charge in [0.15, 0.2) is 0 Å². The minimum atomic E-state index is -4.11. The van der Waals surface area contributed by atoms with Gasteiger partial charge < -0.3 is 5.32 Å². The minimum absolute atomic E-state index is 0.0928. The molecule has 0 bridgehead atoms. The second kappa shape index (κ2) is 5.50. The number of hydrogen-bond donors (Lipinski definition) is 1. The van der Waals surface area contributed by atoms with Crippen LogP contribution in [0, 0.1) is 0 Å². The van der Waals surface area contributed by atoms with Crippen LogP contribution >= 0.6 is 0 Å². The fourth-order valence-electron chi connectivity index (χ4n) is 2.06. The summed E-state index contributed by atoms with van der Waals surface area (Å²) in [5, 5.41) is 6.92. The Hall–Kier alpha value is -1.72. The SMILES string of the molecule is Cn1nccc1C1=CC(NCCC(F)(F)F)=CCC1. The van der Waals surface area contributed by atoms with Crippen molar-refractivity contribution in [2.24, 2.45) is 7.05 Å². The molecule has 1 heterocycles. The number of aromatic nitrogens is 2. The third-order valence-corrected chi connectivity index (χ3v) is 3.00. The van der Waals surface area contributed by atoms with E-state index < -0.39 is 12.6 Å². The summed E-state index contributed by atoms with van der Waals surface area (Å²) in [4.78, 5) is 0. The Kier molecular flexibility index (Phi) is 3.97. The Bertz CT molecular complexity index is 497. The molecule has 0 spiro atoms. The molecule has 0 saturated carbocycles. The zero-order valence-corrected chi connectivity index (χ0v) is 10.7. The first-order chi connectivity index (χ1) is 8.96. The van der Waals surface area contributed by atoms with Crippen molar-refractivity contribution in [2.45, 2.75) is 25.4 Å². The summed E-state index contributed by atoms with van der Waals surface area (Å²) in [6.45, 7) is -0.0928. The summed E-state index contributed by atoms with van der Waals surface area (Å²) >= 11 is 0. The average molecular weight is 271 g/mol. The maximum Gasteiger partial charge on any atom is 0.390 e. The van der Waals surface area contributed by atoms with Crippen LogP contribution in [0.1, 0.15) is 25.0 Å². The molecular formula is C13H16F3N3. The van der Waals surface area contributed by atoms with E-state index in [0.29, 0.717) is 0 Å². The third kappa shape index (κ3) is 3.87. The lowest BCUT2D eigenvalue weighted by Gasteiger charge is -2.16. The summed E-state index contributed by atoms with van der Waals surface area (Å²) in [6, 6.07) is 1.91. The highest BCUT2D eigenvalue weighted by Gasteiger charge is 2.26. The van der Waals surface area contributed by atoms with Gasteiger partial charge in [0.05, 0.1) is 12.1 Å². The third-order valence-electron chi connectivity index (χ3n) is 3.00. The largest absolute Gasteiger partial charge is 0.390 e. The molecule has 6 heteroatoms. The Morgan fingerprint density at radius 1 is 1.42 bits per heavy atom. The molecule has 0 unspecified atom stereocenters. The van der Waals surface area contributed by atoms with E-state index in [1.54, 1.807) is 10.9 Å². The molecule has 0 aromatic carbocycles. The van der Waals surface area contributed by atoms with Crippen LogP contribution in [0.2, 0.25) is 0 Å². The van der Waals surface area contributed by atoms with Crippen molar-refractivity contribution in [3.8, 4) is 0 Å². The topological polar surface area (TPSA) is 29.9 Å².